The Labute approximate surface area is 191 Å². The molecule has 0 bridgehead atoms. The van der Waals surface area contributed by atoms with Crippen LogP contribution in [0.5, 0.6) is 0 Å². The van der Waals surface area contributed by atoms with E-state index in [1.807, 2.05) is 49.6 Å². The summed E-state index contributed by atoms with van der Waals surface area (Å²) in [6.07, 6.45) is 1.28. The smallest absolute Gasteiger partial charge is 0.309 e. The van der Waals surface area contributed by atoms with Crippen LogP contribution >= 0.6 is 11.3 Å². The molecule has 2 atom stereocenters. The normalized spacial score (nSPS) is 16.1. The van der Waals surface area contributed by atoms with Gasteiger partial charge in [-0.15, -0.1) is 21.5 Å². The zero-order chi connectivity index (χ0) is 23.0. The third kappa shape index (κ3) is 4.12. The van der Waals surface area contributed by atoms with E-state index < -0.39 is 0 Å². The van der Waals surface area contributed by atoms with Crippen LogP contribution in [0.3, 0.4) is 0 Å². The molecule has 3 aromatic rings. The number of hydrogen-bond acceptors (Lipinski definition) is 7. The van der Waals surface area contributed by atoms with E-state index in [2.05, 4.69) is 17.1 Å². The van der Waals surface area contributed by atoms with Crippen LogP contribution in [0, 0.1) is 32.1 Å². The third-order valence-electron chi connectivity index (χ3n) is 6.07. The van der Waals surface area contributed by atoms with Crippen molar-refractivity contribution in [3.63, 3.8) is 0 Å². The number of benzene rings is 1. The first-order valence-electron chi connectivity index (χ1n) is 10.8. The maximum atomic E-state index is 12.2. The largest absolute Gasteiger partial charge is 0.469 e. The van der Waals surface area contributed by atoms with Gasteiger partial charge < -0.3 is 9.47 Å². The second kappa shape index (κ2) is 8.96. The van der Waals surface area contributed by atoms with Crippen LogP contribution in [-0.2, 0) is 20.7 Å². The number of nitrogens with zero attached hydrogens (tertiary/aromatic N) is 3. The summed E-state index contributed by atoms with van der Waals surface area (Å²) in [7, 11) is 1.41. The Bertz CT molecular complexity index is 1160. The lowest BCUT2D eigenvalue weighted by atomic mass is 9.98. The van der Waals surface area contributed by atoms with Crippen molar-refractivity contribution in [3.05, 3.63) is 63.0 Å². The number of carbonyl (C=O) groups is 1. The Morgan fingerprint density at radius 1 is 1.28 bits per heavy atom. The highest BCUT2D eigenvalue weighted by atomic mass is 32.1. The van der Waals surface area contributed by atoms with Crippen molar-refractivity contribution < 1.29 is 14.3 Å². The van der Waals surface area contributed by atoms with Crippen molar-refractivity contribution in [1.82, 2.24) is 14.8 Å². The number of rotatable bonds is 8. The van der Waals surface area contributed by atoms with Gasteiger partial charge in [0.05, 0.1) is 25.3 Å². The van der Waals surface area contributed by atoms with E-state index in [1.54, 1.807) is 11.3 Å². The molecule has 2 aromatic heterocycles. The Hall–Kier alpha value is -2.84. The second-order valence-corrected chi connectivity index (χ2v) is 9.32. The number of carbonyl (C=O) groups excluding carboxylic acids is 1. The average Bonchev–Trinajstić information content (AvgIpc) is 3.53. The fourth-order valence-corrected chi connectivity index (χ4v) is 5.13. The first-order valence-corrected chi connectivity index (χ1v) is 11.6. The molecule has 8 heteroatoms. The number of aromatic nitrogens is 3. The van der Waals surface area contributed by atoms with Gasteiger partial charge in [0, 0.05) is 22.4 Å². The van der Waals surface area contributed by atoms with Gasteiger partial charge in [0.1, 0.15) is 22.8 Å². The van der Waals surface area contributed by atoms with Crippen LogP contribution in [-0.4, -0.2) is 40.2 Å². The monoisotopic (exact) mass is 452 g/mol. The molecule has 32 heavy (non-hydrogen) atoms. The van der Waals surface area contributed by atoms with Crippen LogP contribution in [0.2, 0.25) is 0 Å². The fraction of sp³-hybridized carbons (Fsp3) is 0.417. The number of nitrogens with one attached hydrogen (secondary N) is 1. The maximum Gasteiger partial charge on any atom is 0.309 e. The summed E-state index contributed by atoms with van der Waals surface area (Å²) >= 11 is 1.62. The standard InChI is InChI=1S/C24H28N4O3S/c1-6-16(24(29)30-5)11-20-27-26-15(4)28(20)23-21(13(2)14(3)32-23)22(25)18-9-7-17(8-10-18)19-12-31-19/h7-10,16,19,25H,6,11-12H2,1-5H3/t16-,19?/m1/s1. The summed E-state index contributed by atoms with van der Waals surface area (Å²) in [5.74, 6) is 0.906. The van der Waals surface area contributed by atoms with Crippen LogP contribution in [0.1, 0.15) is 58.2 Å². The lowest BCUT2D eigenvalue weighted by Gasteiger charge is -2.15. The lowest BCUT2D eigenvalue weighted by Crippen LogP contribution is -2.20. The molecule has 168 valence electrons. The molecule has 1 fully saturated rings. The first-order chi connectivity index (χ1) is 15.3. The predicted octanol–water partition coefficient (Wildman–Crippen LogP) is 4.48. The molecule has 0 saturated carbocycles. The molecule has 7 nitrogen and oxygen atoms in total. The van der Waals surface area contributed by atoms with Crippen LogP contribution in [0.25, 0.3) is 5.00 Å². The van der Waals surface area contributed by atoms with E-state index in [0.29, 0.717) is 24.4 Å². The summed E-state index contributed by atoms with van der Waals surface area (Å²) in [5, 5.41) is 18.6. The number of thiophene rings is 1. The maximum absolute atomic E-state index is 12.2. The topological polar surface area (TPSA) is 93.4 Å². The molecule has 1 unspecified atom stereocenters. The second-order valence-electron chi connectivity index (χ2n) is 8.11. The zero-order valence-electron chi connectivity index (χ0n) is 19.1. The van der Waals surface area contributed by atoms with E-state index in [4.69, 9.17) is 14.9 Å². The quantitative estimate of drug-likeness (QED) is 0.309. The average molecular weight is 453 g/mol. The van der Waals surface area contributed by atoms with E-state index in [-0.39, 0.29) is 18.0 Å². The van der Waals surface area contributed by atoms with Gasteiger partial charge in [-0.2, -0.15) is 0 Å². The van der Waals surface area contributed by atoms with Gasteiger partial charge in [-0.25, -0.2) is 0 Å². The molecule has 0 radical (unpaired) electrons. The highest BCUT2D eigenvalue weighted by Crippen LogP contribution is 2.35. The van der Waals surface area contributed by atoms with Crippen LogP contribution < -0.4 is 0 Å². The predicted molar refractivity (Wildman–Crippen MR) is 124 cm³/mol. The van der Waals surface area contributed by atoms with Gasteiger partial charge in [-0.05, 0) is 38.3 Å². The highest BCUT2D eigenvalue weighted by molar-refractivity contribution is 7.15. The summed E-state index contributed by atoms with van der Waals surface area (Å²) in [5.41, 5.74) is 4.40. The molecule has 1 aliphatic rings. The Morgan fingerprint density at radius 3 is 2.56 bits per heavy atom. The number of esters is 1. The molecule has 1 saturated heterocycles. The number of methoxy groups -OCH3 is 1. The van der Waals surface area contributed by atoms with Gasteiger partial charge in [-0.1, -0.05) is 31.2 Å². The van der Waals surface area contributed by atoms with E-state index in [1.165, 1.54) is 7.11 Å². The van der Waals surface area contributed by atoms with Crippen molar-refractivity contribution in [1.29, 1.82) is 5.41 Å². The first kappa shape index (κ1) is 22.4. The van der Waals surface area contributed by atoms with Gasteiger partial charge in [-0.3, -0.25) is 14.8 Å². The fourth-order valence-electron chi connectivity index (χ4n) is 3.89. The van der Waals surface area contributed by atoms with Crippen molar-refractivity contribution in [2.75, 3.05) is 13.7 Å². The van der Waals surface area contributed by atoms with Gasteiger partial charge in [0.2, 0.25) is 0 Å². The van der Waals surface area contributed by atoms with Gasteiger partial charge >= 0.3 is 5.97 Å². The Kier molecular flexibility index (Phi) is 6.26. The third-order valence-corrected chi connectivity index (χ3v) is 7.26. The molecule has 1 aromatic carbocycles. The molecular formula is C24H28N4O3S. The van der Waals surface area contributed by atoms with Crippen molar-refractivity contribution in [2.24, 2.45) is 5.92 Å². The Balaban J connectivity index is 1.74. The summed E-state index contributed by atoms with van der Waals surface area (Å²) in [4.78, 5) is 13.3. The minimum Gasteiger partial charge on any atom is -0.469 e. The zero-order valence-corrected chi connectivity index (χ0v) is 19.9. The van der Waals surface area contributed by atoms with Gasteiger partial charge in [0.25, 0.3) is 0 Å². The van der Waals surface area contributed by atoms with E-state index >= 15 is 0 Å². The van der Waals surface area contributed by atoms with E-state index in [0.717, 1.165) is 44.6 Å². The van der Waals surface area contributed by atoms with Crippen LogP contribution in [0.4, 0.5) is 0 Å². The summed E-state index contributed by atoms with van der Waals surface area (Å²) < 4.78 is 12.3. The summed E-state index contributed by atoms with van der Waals surface area (Å²) in [6, 6.07) is 8.04. The highest BCUT2D eigenvalue weighted by Gasteiger charge is 2.27. The minimum atomic E-state index is -0.287. The molecule has 0 spiro atoms. The van der Waals surface area contributed by atoms with Crippen molar-refractivity contribution in [2.45, 2.75) is 46.6 Å². The molecule has 1 aliphatic heterocycles. The molecule has 0 amide bonds. The molecular weight excluding hydrogens is 424 g/mol. The number of hydrogen-bond donors (Lipinski definition) is 1. The Morgan fingerprint density at radius 2 is 1.97 bits per heavy atom. The van der Waals surface area contributed by atoms with Crippen molar-refractivity contribution in [3.8, 4) is 5.00 Å². The molecule has 1 N–H and O–H groups in total. The summed E-state index contributed by atoms with van der Waals surface area (Å²) in [6.45, 7) is 8.75. The lowest BCUT2D eigenvalue weighted by molar-refractivity contribution is -0.145. The SMILES string of the molecule is CC[C@H](Cc1nnc(C)n1-c1sc(C)c(C)c1C(=N)c1ccc(C2CO2)cc1)C(=O)OC. The van der Waals surface area contributed by atoms with E-state index in [9.17, 15) is 4.79 Å². The number of epoxide rings is 1. The van der Waals surface area contributed by atoms with Crippen molar-refractivity contribution >= 4 is 23.0 Å². The van der Waals surface area contributed by atoms with Gasteiger partial charge in [0.15, 0.2) is 0 Å². The van der Waals surface area contributed by atoms with Crippen LogP contribution in [0.15, 0.2) is 24.3 Å². The molecule has 3 heterocycles. The minimum absolute atomic E-state index is 0.197. The number of aryl methyl sites for hydroxylation is 2. The number of ether oxygens (including phenoxy) is 2. The molecule has 4 rings (SSSR count). The molecule has 0 aliphatic carbocycles.